The summed E-state index contributed by atoms with van der Waals surface area (Å²) in [6, 6.07) is 11.4. The molecule has 0 aliphatic heterocycles. The molecule has 2 aromatic rings. The standard InChI is InChI=1S/C21H24ClN3O6/c1-30-18-8-7-14(9-15(18)22)10-16(19(23)27)24-20(28)17(11-26)25-21(29)31-12-13-5-3-2-4-6-13/h2-9,16-17,26H,10-12H2,1H3,(H2,23,27)(H,24,28)(H,25,29)/t16-,17+/m1/s1. The number of aliphatic hydroxyl groups excluding tert-OH is 1. The normalized spacial score (nSPS) is 12.4. The van der Waals surface area contributed by atoms with E-state index in [2.05, 4.69) is 10.6 Å². The van der Waals surface area contributed by atoms with Crippen LogP contribution in [0.5, 0.6) is 5.75 Å². The van der Waals surface area contributed by atoms with Crippen LogP contribution in [-0.2, 0) is 27.4 Å². The van der Waals surface area contributed by atoms with E-state index in [9.17, 15) is 19.5 Å². The summed E-state index contributed by atoms with van der Waals surface area (Å²) in [6.07, 6.45) is -0.836. The summed E-state index contributed by atoms with van der Waals surface area (Å²) in [5.41, 5.74) is 6.79. The molecular formula is C21H24ClN3O6. The molecule has 0 radical (unpaired) electrons. The average molecular weight is 450 g/mol. The Balaban J connectivity index is 1.95. The maximum atomic E-state index is 12.5. The van der Waals surface area contributed by atoms with Crippen LogP contribution in [0.2, 0.25) is 5.02 Å². The highest BCUT2D eigenvalue weighted by molar-refractivity contribution is 6.32. The predicted octanol–water partition coefficient (Wildman–Crippen LogP) is 1.15. The van der Waals surface area contributed by atoms with Gasteiger partial charge in [-0.05, 0) is 23.3 Å². The fourth-order valence-corrected chi connectivity index (χ4v) is 2.95. The first-order valence-corrected chi connectivity index (χ1v) is 9.72. The number of amides is 3. The monoisotopic (exact) mass is 449 g/mol. The fourth-order valence-electron chi connectivity index (χ4n) is 2.67. The number of hydrogen-bond donors (Lipinski definition) is 4. The van der Waals surface area contributed by atoms with Crippen molar-refractivity contribution < 1.29 is 29.0 Å². The fraction of sp³-hybridized carbons (Fsp3) is 0.286. The number of nitrogens with one attached hydrogen (secondary N) is 2. The van der Waals surface area contributed by atoms with Crippen molar-refractivity contribution in [2.75, 3.05) is 13.7 Å². The maximum Gasteiger partial charge on any atom is 0.408 e. The number of aliphatic hydroxyl groups is 1. The molecule has 166 valence electrons. The lowest BCUT2D eigenvalue weighted by Gasteiger charge is -2.20. The molecule has 3 amide bonds. The number of hydrogen-bond acceptors (Lipinski definition) is 6. The van der Waals surface area contributed by atoms with Crippen LogP contribution in [0.15, 0.2) is 48.5 Å². The quantitative estimate of drug-likeness (QED) is 0.429. The van der Waals surface area contributed by atoms with Gasteiger partial charge in [-0.15, -0.1) is 0 Å². The number of halogens is 1. The Morgan fingerprint density at radius 3 is 2.35 bits per heavy atom. The number of primary amides is 1. The minimum absolute atomic E-state index is 0.00538. The molecule has 5 N–H and O–H groups in total. The van der Waals surface area contributed by atoms with E-state index in [1.54, 1.807) is 42.5 Å². The lowest BCUT2D eigenvalue weighted by molar-refractivity contribution is -0.129. The molecule has 10 heteroatoms. The van der Waals surface area contributed by atoms with Gasteiger partial charge in [-0.1, -0.05) is 48.0 Å². The van der Waals surface area contributed by atoms with E-state index in [4.69, 9.17) is 26.8 Å². The molecule has 0 heterocycles. The molecule has 0 aliphatic carbocycles. The van der Waals surface area contributed by atoms with E-state index in [-0.39, 0.29) is 13.0 Å². The van der Waals surface area contributed by atoms with Crippen molar-refractivity contribution in [3.63, 3.8) is 0 Å². The Labute approximate surface area is 184 Å². The van der Waals surface area contributed by atoms with Gasteiger partial charge in [0, 0.05) is 6.42 Å². The largest absolute Gasteiger partial charge is 0.495 e. The Hall–Kier alpha value is -3.30. The van der Waals surface area contributed by atoms with Gasteiger partial charge < -0.3 is 30.9 Å². The Bertz CT molecular complexity index is 909. The van der Waals surface area contributed by atoms with Crippen LogP contribution in [0.3, 0.4) is 0 Å². The van der Waals surface area contributed by atoms with Gasteiger partial charge in [0.2, 0.25) is 11.8 Å². The van der Waals surface area contributed by atoms with Crippen molar-refractivity contribution in [2.24, 2.45) is 5.73 Å². The van der Waals surface area contributed by atoms with Gasteiger partial charge in [0.05, 0.1) is 18.7 Å². The zero-order valence-corrected chi connectivity index (χ0v) is 17.6. The van der Waals surface area contributed by atoms with Crippen molar-refractivity contribution in [3.8, 4) is 5.75 Å². The van der Waals surface area contributed by atoms with Gasteiger partial charge in [0.15, 0.2) is 0 Å². The average Bonchev–Trinajstić information content (AvgIpc) is 2.76. The number of alkyl carbamates (subject to hydrolysis) is 1. The summed E-state index contributed by atoms with van der Waals surface area (Å²) in [5, 5.41) is 14.5. The number of benzene rings is 2. The summed E-state index contributed by atoms with van der Waals surface area (Å²) in [7, 11) is 1.47. The van der Waals surface area contributed by atoms with Gasteiger partial charge in [0.1, 0.15) is 24.4 Å². The maximum absolute atomic E-state index is 12.5. The molecule has 0 spiro atoms. The molecule has 0 aliphatic rings. The van der Waals surface area contributed by atoms with Gasteiger partial charge in [-0.25, -0.2) is 4.79 Å². The minimum Gasteiger partial charge on any atom is -0.495 e. The van der Waals surface area contributed by atoms with E-state index in [0.29, 0.717) is 16.3 Å². The smallest absolute Gasteiger partial charge is 0.408 e. The molecule has 31 heavy (non-hydrogen) atoms. The number of nitrogens with two attached hydrogens (primary N) is 1. The lowest BCUT2D eigenvalue weighted by atomic mass is 10.0. The molecule has 2 rings (SSSR count). The topological polar surface area (TPSA) is 140 Å². The van der Waals surface area contributed by atoms with E-state index in [1.807, 2.05) is 6.07 Å². The van der Waals surface area contributed by atoms with Gasteiger partial charge in [0.25, 0.3) is 0 Å². The summed E-state index contributed by atoms with van der Waals surface area (Å²) < 4.78 is 10.1. The van der Waals surface area contributed by atoms with Crippen molar-refractivity contribution >= 4 is 29.5 Å². The van der Waals surface area contributed by atoms with Crippen molar-refractivity contribution in [2.45, 2.75) is 25.1 Å². The molecule has 0 unspecified atom stereocenters. The molecule has 0 bridgehead atoms. The zero-order valence-electron chi connectivity index (χ0n) is 16.8. The van der Waals surface area contributed by atoms with Crippen molar-refractivity contribution in [1.82, 2.24) is 10.6 Å². The predicted molar refractivity (Wildman–Crippen MR) is 113 cm³/mol. The van der Waals surface area contributed by atoms with E-state index >= 15 is 0 Å². The number of ether oxygens (including phenoxy) is 2. The molecule has 2 aromatic carbocycles. The van der Waals surface area contributed by atoms with Gasteiger partial charge in [-0.2, -0.15) is 0 Å². The Morgan fingerprint density at radius 1 is 1.06 bits per heavy atom. The van der Waals surface area contributed by atoms with Crippen LogP contribution in [0.1, 0.15) is 11.1 Å². The highest BCUT2D eigenvalue weighted by atomic mass is 35.5. The van der Waals surface area contributed by atoms with Crippen molar-refractivity contribution in [1.29, 1.82) is 0 Å². The van der Waals surface area contributed by atoms with Gasteiger partial charge in [-0.3, -0.25) is 9.59 Å². The third-order valence-electron chi connectivity index (χ3n) is 4.32. The molecule has 9 nitrogen and oxygen atoms in total. The summed E-state index contributed by atoms with van der Waals surface area (Å²) >= 11 is 6.08. The molecular weight excluding hydrogens is 426 g/mol. The van der Waals surface area contributed by atoms with Crippen LogP contribution >= 0.6 is 11.6 Å². The van der Waals surface area contributed by atoms with Gasteiger partial charge >= 0.3 is 6.09 Å². The van der Waals surface area contributed by atoms with Crippen LogP contribution in [0, 0.1) is 0 Å². The van der Waals surface area contributed by atoms with Crippen LogP contribution in [0.25, 0.3) is 0 Å². The number of rotatable bonds is 10. The third-order valence-corrected chi connectivity index (χ3v) is 4.62. The SMILES string of the molecule is COc1ccc(C[C@@H](NC(=O)[C@H](CO)NC(=O)OCc2ccccc2)C(N)=O)cc1Cl. The highest BCUT2D eigenvalue weighted by Gasteiger charge is 2.26. The second-order valence-corrected chi connectivity index (χ2v) is 6.98. The first kappa shape index (κ1) is 24.0. The summed E-state index contributed by atoms with van der Waals surface area (Å²) in [5.74, 6) is -1.12. The van der Waals surface area contributed by atoms with E-state index < -0.39 is 36.6 Å². The van der Waals surface area contributed by atoms with E-state index in [0.717, 1.165) is 5.56 Å². The first-order valence-electron chi connectivity index (χ1n) is 9.34. The number of carbonyl (C=O) groups is 3. The Kier molecular flexibility index (Phi) is 9.11. The first-order chi connectivity index (χ1) is 14.8. The summed E-state index contributed by atoms with van der Waals surface area (Å²) in [6.45, 7) is -0.708. The van der Waals surface area contributed by atoms with E-state index in [1.165, 1.54) is 7.11 Å². The van der Waals surface area contributed by atoms with Crippen LogP contribution in [-0.4, -0.2) is 48.8 Å². The molecule has 2 atom stereocenters. The van der Waals surface area contributed by atoms with Crippen LogP contribution in [0.4, 0.5) is 4.79 Å². The molecule has 0 saturated heterocycles. The number of carbonyl (C=O) groups excluding carboxylic acids is 3. The van der Waals surface area contributed by atoms with Crippen LogP contribution < -0.4 is 21.1 Å². The Morgan fingerprint density at radius 2 is 1.77 bits per heavy atom. The molecule has 0 aromatic heterocycles. The summed E-state index contributed by atoms with van der Waals surface area (Å²) in [4.78, 5) is 36.2. The molecule has 0 fully saturated rings. The lowest BCUT2D eigenvalue weighted by Crippen LogP contribution is -2.54. The van der Waals surface area contributed by atoms with Crippen molar-refractivity contribution in [3.05, 3.63) is 64.7 Å². The third kappa shape index (κ3) is 7.47. The number of methoxy groups -OCH3 is 1. The second kappa shape index (κ2) is 11.8. The zero-order chi connectivity index (χ0) is 22.8. The highest BCUT2D eigenvalue weighted by Crippen LogP contribution is 2.25. The molecule has 0 saturated carbocycles. The minimum atomic E-state index is -1.33. The second-order valence-electron chi connectivity index (χ2n) is 6.58.